The van der Waals surface area contributed by atoms with Gasteiger partial charge < -0.3 is 10.5 Å². The summed E-state index contributed by atoms with van der Waals surface area (Å²) in [5.41, 5.74) is 8.56. The van der Waals surface area contributed by atoms with E-state index in [1.165, 1.54) is 5.56 Å². The van der Waals surface area contributed by atoms with Gasteiger partial charge in [0.15, 0.2) is 5.75 Å². The molecule has 0 fully saturated rings. The summed E-state index contributed by atoms with van der Waals surface area (Å²) in [6.45, 7) is 3.00. The van der Waals surface area contributed by atoms with E-state index in [0.29, 0.717) is 0 Å². The maximum atomic E-state index is 6.30. The Morgan fingerprint density at radius 3 is 3.00 bits per heavy atom. The molecule has 1 unspecified atom stereocenters. The second-order valence-corrected chi connectivity index (χ2v) is 5.04. The van der Waals surface area contributed by atoms with Crippen LogP contribution >= 0.6 is 11.3 Å². The van der Waals surface area contributed by atoms with E-state index in [-0.39, 0.29) is 6.04 Å². The number of hydrogen-bond acceptors (Lipinski definition) is 4. The SMILES string of the molecule is CCCn1ncc(OC)c1C(N)Cc1ccsc1. The fourth-order valence-corrected chi connectivity index (χ4v) is 2.74. The van der Waals surface area contributed by atoms with E-state index in [1.54, 1.807) is 24.6 Å². The Bertz CT molecular complexity index is 478. The highest BCUT2D eigenvalue weighted by Crippen LogP contribution is 2.26. The maximum absolute atomic E-state index is 6.30. The molecule has 2 heterocycles. The number of methoxy groups -OCH3 is 1. The van der Waals surface area contributed by atoms with Crippen LogP contribution < -0.4 is 10.5 Å². The maximum Gasteiger partial charge on any atom is 0.161 e. The van der Waals surface area contributed by atoms with Gasteiger partial charge in [0.1, 0.15) is 0 Å². The smallest absolute Gasteiger partial charge is 0.161 e. The van der Waals surface area contributed by atoms with E-state index in [9.17, 15) is 0 Å². The summed E-state index contributed by atoms with van der Waals surface area (Å²) >= 11 is 1.69. The number of aryl methyl sites for hydroxylation is 1. The van der Waals surface area contributed by atoms with Gasteiger partial charge in [-0.1, -0.05) is 6.92 Å². The Balaban J connectivity index is 2.21. The van der Waals surface area contributed by atoms with Crippen LogP contribution in [0.25, 0.3) is 0 Å². The average Bonchev–Trinajstić information content (AvgIpc) is 2.98. The zero-order valence-electron chi connectivity index (χ0n) is 10.8. The van der Waals surface area contributed by atoms with Gasteiger partial charge in [0, 0.05) is 6.54 Å². The molecular weight excluding hydrogens is 246 g/mol. The van der Waals surface area contributed by atoms with Crippen molar-refractivity contribution in [2.24, 2.45) is 5.73 Å². The summed E-state index contributed by atoms with van der Waals surface area (Å²) in [4.78, 5) is 0. The van der Waals surface area contributed by atoms with Gasteiger partial charge in [-0.05, 0) is 35.2 Å². The molecule has 2 rings (SSSR count). The van der Waals surface area contributed by atoms with Crippen molar-refractivity contribution < 1.29 is 4.74 Å². The quantitative estimate of drug-likeness (QED) is 0.873. The van der Waals surface area contributed by atoms with Crippen LogP contribution in [0.1, 0.15) is 30.6 Å². The standard InChI is InChI=1S/C13H19N3OS/c1-3-5-16-13(12(17-2)8-15-16)11(14)7-10-4-6-18-9-10/h4,6,8-9,11H,3,5,7,14H2,1-2H3. The number of aromatic nitrogens is 2. The van der Waals surface area contributed by atoms with Crippen molar-refractivity contribution in [1.82, 2.24) is 9.78 Å². The summed E-state index contributed by atoms with van der Waals surface area (Å²) in [6.07, 6.45) is 3.59. The van der Waals surface area contributed by atoms with E-state index in [2.05, 4.69) is 28.8 Å². The molecule has 0 aliphatic heterocycles. The van der Waals surface area contributed by atoms with Crippen molar-refractivity contribution in [2.75, 3.05) is 7.11 Å². The molecule has 2 aromatic heterocycles. The fourth-order valence-electron chi connectivity index (χ4n) is 2.06. The van der Waals surface area contributed by atoms with Crippen LogP contribution in [0.15, 0.2) is 23.0 Å². The Morgan fingerprint density at radius 1 is 1.56 bits per heavy atom. The number of nitrogens with zero attached hydrogens (tertiary/aromatic N) is 2. The molecule has 18 heavy (non-hydrogen) atoms. The lowest BCUT2D eigenvalue weighted by atomic mass is 10.1. The van der Waals surface area contributed by atoms with E-state index in [0.717, 1.165) is 30.8 Å². The summed E-state index contributed by atoms with van der Waals surface area (Å²) in [5.74, 6) is 0.783. The second-order valence-electron chi connectivity index (χ2n) is 4.26. The minimum Gasteiger partial charge on any atom is -0.493 e. The highest BCUT2D eigenvalue weighted by Gasteiger charge is 2.18. The van der Waals surface area contributed by atoms with Gasteiger partial charge in [-0.2, -0.15) is 16.4 Å². The Labute approximate surface area is 111 Å². The van der Waals surface area contributed by atoms with Gasteiger partial charge in [-0.3, -0.25) is 4.68 Å². The predicted octanol–water partition coefficient (Wildman–Crippen LogP) is 2.61. The summed E-state index contributed by atoms with van der Waals surface area (Å²) in [7, 11) is 1.66. The third-order valence-electron chi connectivity index (χ3n) is 2.89. The number of rotatable bonds is 6. The Kier molecular flexibility index (Phi) is 4.38. The van der Waals surface area contributed by atoms with Crippen molar-refractivity contribution in [3.63, 3.8) is 0 Å². The number of thiophene rings is 1. The van der Waals surface area contributed by atoms with Crippen molar-refractivity contribution >= 4 is 11.3 Å². The van der Waals surface area contributed by atoms with E-state index < -0.39 is 0 Å². The van der Waals surface area contributed by atoms with Crippen LogP contribution in [0.5, 0.6) is 5.75 Å². The molecule has 0 bridgehead atoms. The first-order valence-electron chi connectivity index (χ1n) is 6.12. The number of ether oxygens (including phenoxy) is 1. The minimum atomic E-state index is -0.0800. The summed E-state index contributed by atoms with van der Waals surface area (Å²) in [6, 6.07) is 2.03. The van der Waals surface area contributed by atoms with Crippen molar-refractivity contribution in [3.8, 4) is 5.75 Å². The molecule has 2 N–H and O–H groups in total. The van der Waals surface area contributed by atoms with Crippen LogP contribution in [0.4, 0.5) is 0 Å². The van der Waals surface area contributed by atoms with Gasteiger partial charge in [-0.15, -0.1) is 0 Å². The molecule has 0 aliphatic carbocycles. The predicted molar refractivity (Wildman–Crippen MR) is 74.0 cm³/mol. The van der Waals surface area contributed by atoms with Gasteiger partial charge in [0.25, 0.3) is 0 Å². The molecular formula is C13H19N3OS. The number of hydrogen-bond donors (Lipinski definition) is 1. The first-order valence-corrected chi connectivity index (χ1v) is 7.06. The summed E-state index contributed by atoms with van der Waals surface area (Å²) < 4.78 is 7.31. The zero-order valence-corrected chi connectivity index (χ0v) is 11.6. The molecule has 0 spiro atoms. The molecule has 1 atom stereocenters. The number of nitrogens with two attached hydrogens (primary N) is 1. The Morgan fingerprint density at radius 2 is 2.39 bits per heavy atom. The highest BCUT2D eigenvalue weighted by molar-refractivity contribution is 7.07. The minimum absolute atomic E-state index is 0.0800. The molecule has 4 nitrogen and oxygen atoms in total. The van der Waals surface area contributed by atoms with Gasteiger partial charge in [-0.25, -0.2) is 0 Å². The summed E-state index contributed by atoms with van der Waals surface area (Å²) in [5, 5.41) is 8.55. The van der Waals surface area contributed by atoms with Crippen LogP contribution in [0.3, 0.4) is 0 Å². The molecule has 5 heteroatoms. The Hall–Kier alpha value is -1.33. The third-order valence-corrected chi connectivity index (χ3v) is 3.62. The lowest BCUT2D eigenvalue weighted by Crippen LogP contribution is -2.19. The topological polar surface area (TPSA) is 53.1 Å². The lowest BCUT2D eigenvalue weighted by Gasteiger charge is -2.15. The van der Waals surface area contributed by atoms with Crippen LogP contribution in [-0.2, 0) is 13.0 Å². The van der Waals surface area contributed by atoms with Crippen LogP contribution in [-0.4, -0.2) is 16.9 Å². The van der Waals surface area contributed by atoms with Crippen LogP contribution in [0, 0.1) is 0 Å². The highest BCUT2D eigenvalue weighted by atomic mass is 32.1. The van der Waals surface area contributed by atoms with Gasteiger partial charge in [0.2, 0.25) is 0 Å². The zero-order chi connectivity index (χ0) is 13.0. The van der Waals surface area contributed by atoms with E-state index in [4.69, 9.17) is 10.5 Å². The molecule has 0 amide bonds. The molecule has 0 saturated heterocycles. The van der Waals surface area contributed by atoms with Gasteiger partial charge >= 0.3 is 0 Å². The normalized spacial score (nSPS) is 12.6. The van der Waals surface area contributed by atoms with Crippen LogP contribution in [0.2, 0.25) is 0 Å². The van der Waals surface area contributed by atoms with Crippen molar-refractivity contribution in [1.29, 1.82) is 0 Å². The lowest BCUT2D eigenvalue weighted by molar-refractivity contribution is 0.400. The fraction of sp³-hybridized carbons (Fsp3) is 0.462. The first-order chi connectivity index (χ1) is 8.76. The van der Waals surface area contributed by atoms with E-state index in [1.807, 2.05) is 4.68 Å². The average molecular weight is 265 g/mol. The molecule has 0 aliphatic rings. The molecule has 2 aromatic rings. The third kappa shape index (κ3) is 2.73. The largest absolute Gasteiger partial charge is 0.493 e. The molecule has 0 radical (unpaired) electrons. The molecule has 98 valence electrons. The van der Waals surface area contributed by atoms with Gasteiger partial charge in [0.05, 0.1) is 25.0 Å². The molecule has 0 saturated carbocycles. The van der Waals surface area contributed by atoms with E-state index >= 15 is 0 Å². The first kappa shape index (κ1) is 13.1. The monoisotopic (exact) mass is 265 g/mol. The van der Waals surface area contributed by atoms with Crippen molar-refractivity contribution in [2.45, 2.75) is 32.4 Å². The second kappa shape index (κ2) is 6.02. The van der Waals surface area contributed by atoms with Crippen molar-refractivity contribution in [3.05, 3.63) is 34.3 Å². The molecule has 0 aromatic carbocycles.